The number of fused-ring (bicyclic) bond motifs is 1. The van der Waals surface area contributed by atoms with Crippen molar-refractivity contribution in [3.05, 3.63) is 29.4 Å². The van der Waals surface area contributed by atoms with Gasteiger partial charge in [-0.2, -0.15) is 9.78 Å². The van der Waals surface area contributed by atoms with Crippen molar-refractivity contribution in [2.75, 3.05) is 0 Å². The summed E-state index contributed by atoms with van der Waals surface area (Å²) in [6, 6.07) is 5.14. The SMILES string of the molecule is O=C(O)n1ncc2cccc(Cl)c21. The van der Waals surface area contributed by atoms with Gasteiger partial charge < -0.3 is 5.11 Å². The Labute approximate surface area is 78.3 Å². The minimum absolute atomic E-state index is 0.386. The molecule has 0 saturated heterocycles. The Balaban J connectivity index is 2.86. The Kier molecular flexibility index (Phi) is 1.70. The number of rotatable bonds is 0. The van der Waals surface area contributed by atoms with Crippen molar-refractivity contribution in [2.45, 2.75) is 0 Å². The van der Waals surface area contributed by atoms with Crippen LogP contribution in [0.3, 0.4) is 0 Å². The summed E-state index contributed by atoms with van der Waals surface area (Å²) < 4.78 is 0.859. The van der Waals surface area contributed by atoms with Crippen LogP contribution in [0.5, 0.6) is 0 Å². The van der Waals surface area contributed by atoms with Gasteiger partial charge in [-0.05, 0) is 6.07 Å². The van der Waals surface area contributed by atoms with E-state index in [1.165, 1.54) is 6.20 Å². The maximum Gasteiger partial charge on any atom is 0.432 e. The first kappa shape index (κ1) is 8.07. The standard InChI is InChI=1S/C8H5ClN2O2/c9-6-3-1-2-5-4-10-11(7(5)6)8(12)13/h1-4H,(H,12,13). The number of aromatic nitrogens is 2. The van der Waals surface area contributed by atoms with Crippen LogP contribution in [-0.4, -0.2) is 21.0 Å². The molecule has 0 fully saturated rings. The van der Waals surface area contributed by atoms with E-state index in [1.54, 1.807) is 18.2 Å². The molecule has 0 atom stereocenters. The van der Waals surface area contributed by atoms with E-state index in [9.17, 15) is 4.79 Å². The summed E-state index contributed by atoms with van der Waals surface area (Å²) in [6.07, 6.45) is 0.332. The zero-order valence-electron chi connectivity index (χ0n) is 6.44. The largest absolute Gasteiger partial charge is 0.463 e. The summed E-state index contributed by atoms with van der Waals surface area (Å²) in [6.45, 7) is 0. The highest BCUT2D eigenvalue weighted by atomic mass is 35.5. The van der Waals surface area contributed by atoms with E-state index in [1.807, 2.05) is 0 Å². The third-order valence-corrected chi connectivity index (χ3v) is 2.03. The maximum absolute atomic E-state index is 10.7. The van der Waals surface area contributed by atoms with Crippen LogP contribution in [0.4, 0.5) is 4.79 Å². The van der Waals surface area contributed by atoms with E-state index < -0.39 is 6.09 Å². The monoisotopic (exact) mass is 196 g/mol. The van der Waals surface area contributed by atoms with Gasteiger partial charge in [0.1, 0.15) is 0 Å². The molecule has 0 amide bonds. The van der Waals surface area contributed by atoms with E-state index in [0.29, 0.717) is 10.5 Å². The third kappa shape index (κ3) is 1.15. The Morgan fingerprint density at radius 1 is 1.54 bits per heavy atom. The van der Waals surface area contributed by atoms with Crippen molar-refractivity contribution in [1.82, 2.24) is 9.78 Å². The van der Waals surface area contributed by atoms with Crippen molar-refractivity contribution in [1.29, 1.82) is 0 Å². The van der Waals surface area contributed by atoms with Crippen LogP contribution in [0.2, 0.25) is 5.02 Å². The summed E-state index contributed by atoms with van der Waals surface area (Å²) in [4.78, 5) is 10.7. The van der Waals surface area contributed by atoms with Gasteiger partial charge in [0.15, 0.2) is 0 Å². The van der Waals surface area contributed by atoms with Crippen LogP contribution in [0, 0.1) is 0 Å². The maximum atomic E-state index is 10.7. The van der Waals surface area contributed by atoms with Crippen LogP contribution in [-0.2, 0) is 0 Å². The zero-order valence-corrected chi connectivity index (χ0v) is 7.19. The average Bonchev–Trinajstić information content (AvgIpc) is 2.49. The molecule has 0 saturated carbocycles. The predicted octanol–water partition coefficient (Wildman–Crippen LogP) is 2.22. The molecule has 0 unspecified atom stereocenters. The number of carboxylic acid groups (broad SMARTS) is 1. The lowest BCUT2D eigenvalue weighted by Gasteiger charge is -1.96. The zero-order chi connectivity index (χ0) is 9.42. The van der Waals surface area contributed by atoms with E-state index in [0.717, 1.165) is 10.1 Å². The molecule has 4 nitrogen and oxygen atoms in total. The highest BCUT2D eigenvalue weighted by molar-refractivity contribution is 6.35. The minimum Gasteiger partial charge on any atom is -0.463 e. The second-order valence-electron chi connectivity index (χ2n) is 2.52. The second-order valence-corrected chi connectivity index (χ2v) is 2.92. The van der Waals surface area contributed by atoms with Crippen LogP contribution in [0.15, 0.2) is 24.4 Å². The molecule has 1 aromatic carbocycles. The summed E-state index contributed by atoms with van der Waals surface area (Å²) in [7, 11) is 0. The van der Waals surface area contributed by atoms with Gasteiger partial charge in [0.25, 0.3) is 0 Å². The average molecular weight is 197 g/mol. The molecule has 0 aliphatic heterocycles. The minimum atomic E-state index is -1.14. The van der Waals surface area contributed by atoms with Crippen LogP contribution in [0.1, 0.15) is 0 Å². The Morgan fingerprint density at radius 2 is 2.31 bits per heavy atom. The summed E-state index contributed by atoms with van der Waals surface area (Å²) in [5, 5.41) is 13.5. The highest BCUT2D eigenvalue weighted by Gasteiger charge is 2.10. The molecule has 0 bridgehead atoms. The fraction of sp³-hybridized carbons (Fsp3) is 0. The molecule has 1 aromatic heterocycles. The first-order valence-corrected chi connectivity index (χ1v) is 3.93. The molecule has 5 heteroatoms. The lowest BCUT2D eigenvalue weighted by Crippen LogP contribution is -2.09. The Hall–Kier alpha value is -1.55. The highest BCUT2D eigenvalue weighted by Crippen LogP contribution is 2.22. The van der Waals surface area contributed by atoms with Gasteiger partial charge in [-0.1, -0.05) is 23.7 Å². The van der Waals surface area contributed by atoms with Gasteiger partial charge >= 0.3 is 6.09 Å². The molecule has 13 heavy (non-hydrogen) atoms. The topological polar surface area (TPSA) is 55.1 Å². The fourth-order valence-electron chi connectivity index (χ4n) is 1.18. The fourth-order valence-corrected chi connectivity index (χ4v) is 1.44. The first-order chi connectivity index (χ1) is 6.20. The Bertz CT molecular complexity index is 478. The van der Waals surface area contributed by atoms with Crippen molar-refractivity contribution in [2.24, 2.45) is 0 Å². The van der Waals surface area contributed by atoms with Crippen molar-refractivity contribution in [3.63, 3.8) is 0 Å². The number of halogens is 1. The first-order valence-electron chi connectivity index (χ1n) is 3.55. The number of benzene rings is 1. The lowest BCUT2D eigenvalue weighted by molar-refractivity contribution is 0.194. The van der Waals surface area contributed by atoms with Gasteiger partial charge in [0.05, 0.1) is 16.7 Å². The second kappa shape index (κ2) is 2.74. The number of hydrogen-bond donors (Lipinski definition) is 1. The molecule has 2 aromatic rings. The van der Waals surface area contributed by atoms with E-state index in [4.69, 9.17) is 16.7 Å². The number of hydrogen-bond acceptors (Lipinski definition) is 2. The molecule has 0 spiro atoms. The Morgan fingerprint density at radius 3 is 3.00 bits per heavy atom. The molecule has 66 valence electrons. The van der Waals surface area contributed by atoms with Crippen LogP contribution in [0.25, 0.3) is 10.9 Å². The molecular weight excluding hydrogens is 192 g/mol. The molecule has 2 rings (SSSR count). The summed E-state index contributed by atoms with van der Waals surface area (Å²) >= 11 is 5.82. The van der Waals surface area contributed by atoms with Crippen molar-refractivity contribution >= 4 is 28.6 Å². The third-order valence-electron chi connectivity index (χ3n) is 1.72. The molecule has 0 aliphatic rings. The molecular formula is C8H5ClN2O2. The van der Waals surface area contributed by atoms with E-state index >= 15 is 0 Å². The van der Waals surface area contributed by atoms with Gasteiger partial charge in [-0.15, -0.1) is 0 Å². The molecule has 0 radical (unpaired) electrons. The van der Waals surface area contributed by atoms with E-state index in [2.05, 4.69) is 5.10 Å². The van der Waals surface area contributed by atoms with Crippen molar-refractivity contribution in [3.8, 4) is 0 Å². The summed E-state index contributed by atoms with van der Waals surface area (Å²) in [5.41, 5.74) is 0.427. The predicted molar refractivity (Wildman–Crippen MR) is 48.2 cm³/mol. The van der Waals surface area contributed by atoms with Crippen molar-refractivity contribution < 1.29 is 9.90 Å². The molecule has 1 heterocycles. The number of para-hydroxylation sites is 1. The number of carbonyl (C=O) groups is 1. The van der Waals surface area contributed by atoms with Gasteiger partial charge in [-0.3, -0.25) is 0 Å². The van der Waals surface area contributed by atoms with E-state index in [-0.39, 0.29) is 0 Å². The van der Waals surface area contributed by atoms with Crippen LogP contribution < -0.4 is 0 Å². The molecule has 0 aliphatic carbocycles. The molecule has 1 N–H and O–H groups in total. The van der Waals surface area contributed by atoms with Gasteiger partial charge in [0.2, 0.25) is 0 Å². The number of nitrogens with zero attached hydrogens (tertiary/aromatic N) is 2. The van der Waals surface area contributed by atoms with Gasteiger partial charge in [0, 0.05) is 5.39 Å². The normalized spacial score (nSPS) is 10.5. The lowest BCUT2D eigenvalue weighted by atomic mass is 10.2. The quantitative estimate of drug-likeness (QED) is 0.703. The smallest absolute Gasteiger partial charge is 0.432 e. The van der Waals surface area contributed by atoms with Crippen LogP contribution >= 0.6 is 11.6 Å². The van der Waals surface area contributed by atoms with Gasteiger partial charge in [-0.25, -0.2) is 4.79 Å². The summed E-state index contributed by atoms with van der Waals surface area (Å²) in [5.74, 6) is 0.